The van der Waals surface area contributed by atoms with Crippen LogP contribution in [0.4, 0.5) is 11.5 Å². The summed E-state index contributed by atoms with van der Waals surface area (Å²) >= 11 is 0. The number of nitrogens with one attached hydrogen (secondary N) is 1. The van der Waals surface area contributed by atoms with Crippen LogP contribution in [0.15, 0.2) is 61.8 Å². The van der Waals surface area contributed by atoms with Gasteiger partial charge in [0.15, 0.2) is 11.5 Å². The van der Waals surface area contributed by atoms with Crippen LogP contribution in [0.5, 0.6) is 11.5 Å². The predicted octanol–water partition coefficient (Wildman–Crippen LogP) is 4.12. The molecule has 1 amide bonds. The molecule has 0 saturated carbocycles. The quantitative estimate of drug-likeness (QED) is 0.424. The maximum absolute atomic E-state index is 12.3. The first-order chi connectivity index (χ1) is 17.1. The van der Waals surface area contributed by atoms with Crippen LogP contribution in [0.25, 0.3) is 16.6 Å². The van der Waals surface area contributed by atoms with Crippen molar-refractivity contribution in [1.29, 1.82) is 0 Å². The number of amides is 1. The van der Waals surface area contributed by atoms with E-state index in [2.05, 4.69) is 26.8 Å². The van der Waals surface area contributed by atoms with Crippen molar-refractivity contribution in [3.63, 3.8) is 0 Å². The average Bonchev–Trinajstić information content (AvgIpc) is 3.45. The zero-order chi connectivity index (χ0) is 23.9. The smallest absolute Gasteiger partial charge is 0.246 e. The van der Waals surface area contributed by atoms with Crippen molar-refractivity contribution >= 4 is 34.0 Å². The summed E-state index contributed by atoms with van der Waals surface area (Å²) in [5, 5.41) is 4.23. The van der Waals surface area contributed by atoms with Gasteiger partial charge in [-0.1, -0.05) is 6.58 Å². The number of benzene rings is 1. The summed E-state index contributed by atoms with van der Waals surface area (Å²) in [4.78, 5) is 27.5. The van der Waals surface area contributed by atoms with Crippen LogP contribution in [0, 0.1) is 0 Å². The lowest BCUT2D eigenvalue weighted by Crippen LogP contribution is -2.48. The lowest BCUT2D eigenvalue weighted by atomic mass is 9.99. The molecular formula is C26H26N6O3. The molecule has 9 nitrogen and oxygen atoms in total. The second-order valence-electron chi connectivity index (χ2n) is 9.02. The number of nitrogens with zero attached hydrogens (tertiary/aromatic N) is 5. The average molecular weight is 471 g/mol. The molecule has 2 saturated heterocycles. The Balaban J connectivity index is 1.30. The Morgan fingerprint density at radius 3 is 2.74 bits per heavy atom. The number of rotatable bonds is 6. The van der Waals surface area contributed by atoms with Crippen LogP contribution in [-0.2, 0) is 4.79 Å². The standard InChI is InChI=1S/C26H26N6O3/c1-3-25(33)32-17-5-6-18(32)11-19(10-17)35-23-12-20-21(13-22(23)34-2)28-15-29-26(20)30-16-4-7-24-27-8-9-31(24)14-16/h3-4,7-9,12-15,17-19H,1,5-6,10-11H2,2H3,(H,28,29,30)/t17-,18+,19-. The van der Waals surface area contributed by atoms with Crippen LogP contribution in [0.3, 0.4) is 0 Å². The third-order valence-corrected chi connectivity index (χ3v) is 6.98. The summed E-state index contributed by atoms with van der Waals surface area (Å²) < 4.78 is 14.1. The van der Waals surface area contributed by atoms with Crippen LogP contribution in [0.1, 0.15) is 25.7 Å². The summed E-state index contributed by atoms with van der Waals surface area (Å²) in [7, 11) is 1.63. The Kier molecular flexibility index (Phi) is 5.24. The van der Waals surface area contributed by atoms with Gasteiger partial charge in [-0.3, -0.25) is 4.79 Å². The minimum atomic E-state index is -0.00240. The fourth-order valence-electron chi connectivity index (χ4n) is 5.41. The monoisotopic (exact) mass is 470 g/mol. The number of aromatic nitrogens is 4. The Hall–Kier alpha value is -4.14. The van der Waals surface area contributed by atoms with Gasteiger partial charge in [0.2, 0.25) is 5.91 Å². The Morgan fingerprint density at radius 1 is 1.14 bits per heavy atom. The van der Waals surface area contributed by atoms with Gasteiger partial charge in [0, 0.05) is 55.0 Å². The van der Waals surface area contributed by atoms with E-state index in [0.717, 1.165) is 47.9 Å². The van der Waals surface area contributed by atoms with E-state index in [-0.39, 0.29) is 24.1 Å². The first kappa shape index (κ1) is 21.4. The molecule has 1 N–H and O–H groups in total. The number of pyridine rings is 1. The molecule has 0 aliphatic carbocycles. The Labute approximate surface area is 202 Å². The van der Waals surface area contributed by atoms with Crippen LogP contribution >= 0.6 is 0 Å². The molecular weight excluding hydrogens is 444 g/mol. The maximum atomic E-state index is 12.3. The number of fused-ring (bicyclic) bond motifs is 4. The summed E-state index contributed by atoms with van der Waals surface area (Å²) in [5.74, 6) is 1.96. The molecule has 0 spiro atoms. The SMILES string of the molecule is C=CC(=O)N1[C@@H]2CC[C@H]1C[C@H](Oc1cc3c(Nc4ccc5nccn5c4)ncnc3cc1OC)C2. The van der Waals surface area contributed by atoms with Gasteiger partial charge < -0.3 is 24.1 Å². The van der Waals surface area contributed by atoms with Crippen molar-refractivity contribution in [3.05, 3.63) is 61.8 Å². The molecule has 3 aromatic heterocycles. The van der Waals surface area contributed by atoms with E-state index in [1.54, 1.807) is 13.3 Å². The van der Waals surface area contributed by atoms with E-state index in [4.69, 9.17) is 9.47 Å². The minimum Gasteiger partial charge on any atom is -0.493 e. The first-order valence-corrected chi connectivity index (χ1v) is 11.8. The van der Waals surface area contributed by atoms with Gasteiger partial charge in [0.1, 0.15) is 23.9 Å². The number of ether oxygens (including phenoxy) is 2. The highest BCUT2D eigenvalue weighted by atomic mass is 16.5. The zero-order valence-corrected chi connectivity index (χ0v) is 19.4. The van der Waals surface area contributed by atoms with Crippen LogP contribution in [0.2, 0.25) is 0 Å². The van der Waals surface area contributed by atoms with E-state index in [1.807, 2.05) is 46.0 Å². The van der Waals surface area contributed by atoms with Crippen molar-refractivity contribution < 1.29 is 14.3 Å². The lowest BCUT2D eigenvalue weighted by molar-refractivity contribution is -0.131. The predicted molar refractivity (Wildman–Crippen MR) is 132 cm³/mol. The molecule has 0 unspecified atom stereocenters. The fraction of sp³-hybridized carbons (Fsp3) is 0.308. The van der Waals surface area contributed by atoms with Crippen molar-refractivity contribution in [1.82, 2.24) is 24.3 Å². The minimum absolute atomic E-state index is 0.00240. The molecule has 0 radical (unpaired) electrons. The molecule has 6 rings (SSSR count). The number of hydrogen-bond donors (Lipinski definition) is 1. The van der Waals surface area contributed by atoms with Crippen molar-refractivity contribution in [2.24, 2.45) is 0 Å². The molecule has 2 aliphatic rings. The number of imidazole rings is 1. The van der Waals surface area contributed by atoms with E-state index < -0.39 is 0 Å². The topological polar surface area (TPSA) is 93.9 Å². The van der Waals surface area contributed by atoms with Crippen LogP contribution in [-0.4, -0.2) is 55.5 Å². The largest absolute Gasteiger partial charge is 0.493 e. The molecule has 2 aliphatic heterocycles. The van der Waals surface area contributed by atoms with E-state index >= 15 is 0 Å². The number of carbonyl (C=O) groups is 1. The fourth-order valence-corrected chi connectivity index (χ4v) is 5.41. The van der Waals surface area contributed by atoms with E-state index in [1.165, 1.54) is 12.4 Å². The van der Waals surface area contributed by atoms with Gasteiger partial charge >= 0.3 is 0 Å². The van der Waals surface area contributed by atoms with Gasteiger partial charge in [0.05, 0.1) is 18.3 Å². The van der Waals surface area contributed by atoms with Gasteiger partial charge in [-0.2, -0.15) is 0 Å². The Morgan fingerprint density at radius 2 is 1.97 bits per heavy atom. The molecule has 1 aromatic carbocycles. The molecule has 178 valence electrons. The van der Waals surface area contributed by atoms with E-state index in [0.29, 0.717) is 17.3 Å². The highest BCUT2D eigenvalue weighted by Gasteiger charge is 2.43. The number of methoxy groups -OCH3 is 1. The molecule has 5 heterocycles. The summed E-state index contributed by atoms with van der Waals surface area (Å²) in [6, 6.07) is 8.10. The molecule has 4 aromatic rings. The third kappa shape index (κ3) is 3.82. The number of piperidine rings is 1. The second kappa shape index (κ2) is 8.57. The van der Waals surface area contributed by atoms with Gasteiger partial charge in [-0.15, -0.1) is 0 Å². The molecule has 3 atom stereocenters. The van der Waals surface area contributed by atoms with E-state index in [9.17, 15) is 4.79 Å². The normalized spacial score (nSPS) is 21.3. The summed E-state index contributed by atoms with van der Waals surface area (Å²) in [6.45, 7) is 3.66. The van der Waals surface area contributed by atoms with Crippen molar-refractivity contribution in [2.75, 3.05) is 12.4 Å². The molecule has 2 bridgehead atoms. The van der Waals surface area contributed by atoms with Crippen LogP contribution < -0.4 is 14.8 Å². The number of hydrogen-bond acceptors (Lipinski definition) is 7. The summed E-state index contributed by atoms with van der Waals surface area (Å²) in [6.07, 6.45) is 12.2. The van der Waals surface area contributed by atoms with Crippen molar-refractivity contribution in [3.8, 4) is 11.5 Å². The molecule has 2 fully saturated rings. The molecule has 35 heavy (non-hydrogen) atoms. The van der Waals surface area contributed by atoms with Gasteiger partial charge in [-0.25, -0.2) is 15.0 Å². The van der Waals surface area contributed by atoms with Gasteiger partial charge in [0.25, 0.3) is 0 Å². The third-order valence-electron chi connectivity index (χ3n) is 6.98. The lowest BCUT2D eigenvalue weighted by Gasteiger charge is -2.38. The zero-order valence-electron chi connectivity index (χ0n) is 19.4. The highest BCUT2D eigenvalue weighted by molar-refractivity contribution is 5.93. The van der Waals surface area contributed by atoms with Crippen molar-refractivity contribution in [2.45, 2.75) is 43.9 Å². The number of carbonyl (C=O) groups excluding carboxylic acids is 1. The highest BCUT2D eigenvalue weighted by Crippen LogP contribution is 2.40. The first-order valence-electron chi connectivity index (χ1n) is 11.8. The second-order valence-corrected chi connectivity index (χ2v) is 9.02. The van der Waals surface area contributed by atoms with Gasteiger partial charge in [-0.05, 0) is 37.1 Å². The summed E-state index contributed by atoms with van der Waals surface area (Å²) in [5.41, 5.74) is 2.50. The maximum Gasteiger partial charge on any atom is 0.246 e. The number of anilines is 2. The Bertz CT molecular complexity index is 1420. The molecule has 9 heteroatoms.